The maximum atomic E-state index is 12.0. The Morgan fingerprint density at radius 1 is 0.268 bits per heavy atom. The summed E-state index contributed by atoms with van der Waals surface area (Å²) in [6.07, 6.45) is -66.4. The minimum Gasteiger partial charge on any atom is -0.394 e. The molecule has 82 heavy (non-hydrogen) atoms. The number of aliphatic hydroxyl groups is 20. The van der Waals surface area contributed by atoms with Crippen molar-refractivity contribution in [1.29, 1.82) is 0 Å². The van der Waals surface area contributed by atoms with E-state index in [-0.39, 0.29) is 6.61 Å². The van der Waals surface area contributed by atoms with Crippen LogP contribution in [0.1, 0.15) is 12.8 Å². The predicted octanol–water partition coefficient (Wildman–Crippen LogP) is -13.2. The minimum absolute atomic E-state index is 0.145. The van der Waals surface area contributed by atoms with Gasteiger partial charge < -0.3 is 173 Å². The largest absolute Gasteiger partial charge is 0.394 e. The quantitative estimate of drug-likeness (QED) is 0.0637. The lowest BCUT2D eigenvalue weighted by atomic mass is 9.95. The highest BCUT2D eigenvalue weighted by atomic mass is 16.8. The predicted molar refractivity (Wildman–Crippen MR) is 252 cm³/mol. The van der Waals surface area contributed by atoms with E-state index in [4.69, 9.17) is 71.1 Å². The van der Waals surface area contributed by atoms with Crippen molar-refractivity contribution in [1.82, 2.24) is 0 Å². The number of hydrogen-bond donors (Lipinski definition) is 20. The Bertz CT molecular complexity index is 1940. The first-order chi connectivity index (χ1) is 39.2. The molecule has 15 aliphatic rings. The summed E-state index contributed by atoms with van der Waals surface area (Å²) < 4.78 is 87.1. The van der Waals surface area contributed by atoms with Crippen molar-refractivity contribution in [3.63, 3.8) is 0 Å². The van der Waals surface area contributed by atoms with Crippen LogP contribution in [0.2, 0.25) is 0 Å². The van der Waals surface area contributed by atoms with Crippen LogP contribution in [0.5, 0.6) is 0 Å². The second-order valence-electron chi connectivity index (χ2n) is 20.9. The Kier molecular flexibility index (Phi) is 23.5. The molecule has 0 saturated carbocycles. The fraction of sp³-hybridized carbons (Fsp3) is 0.957. The molecular formula is C47H78O35. The topological polar surface area (TPSA) is 543 Å². The van der Waals surface area contributed by atoms with Gasteiger partial charge in [0.15, 0.2) is 44.0 Å². The maximum absolute atomic E-state index is 12.0. The zero-order chi connectivity index (χ0) is 59.6. The molecule has 15 heterocycles. The van der Waals surface area contributed by atoms with Crippen LogP contribution in [0.3, 0.4) is 0 Å². The number of fused-ring (bicyclic) bond motifs is 7. The van der Waals surface area contributed by atoms with E-state index in [2.05, 4.69) is 6.58 Å². The summed E-state index contributed by atoms with van der Waals surface area (Å²) in [5, 5.41) is 222. The average molecular weight is 1200 g/mol. The first kappa shape index (κ1) is 66.3. The number of ether oxygens (including phenoxy) is 15. The fourth-order valence-corrected chi connectivity index (χ4v) is 11.0. The van der Waals surface area contributed by atoms with Gasteiger partial charge in [0.2, 0.25) is 0 Å². The summed E-state index contributed by atoms with van der Waals surface area (Å²) in [6.45, 7) is -3.69. The van der Waals surface area contributed by atoms with Gasteiger partial charge in [0, 0.05) is 6.61 Å². The van der Waals surface area contributed by atoms with E-state index >= 15 is 0 Å². The van der Waals surface area contributed by atoms with Gasteiger partial charge in [0.05, 0.1) is 46.2 Å². The van der Waals surface area contributed by atoms with Crippen LogP contribution >= 0.6 is 0 Å². The van der Waals surface area contributed by atoms with Gasteiger partial charge in [-0.05, 0) is 12.8 Å². The van der Waals surface area contributed by atoms with Crippen LogP contribution < -0.4 is 0 Å². The van der Waals surface area contributed by atoms with Gasteiger partial charge in [-0.15, -0.1) is 6.58 Å². The van der Waals surface area contributed by atoms with Crippen LogP contribution in [0, 0.1) is 0 Å². The van der Waals surface area contributed by atoms with Crippen molar-refractivity contribution in [3.05, 3.63) is 12.7 Å². The van der Waals surface area contributed by atoms with E-state index in [1.54, 1.807) is 6.08 Å². The zero-order valence-corrected chi connectivity index (χ0v) is 43.6. The summed E-state index contributed by atoms with van der Waals surface area (Å²) in [5.41, 5.74) is 0. The highest BCUT2D eigenvalue weighted by Crippen LogP contribution is 2.39. The molecule has 476 valence electrons. The molecule has 15 fully saturated rings. The smallest absolute Gasteiger partial charge is 0.187 e. The Hall–Kier alpha value is -1.66. The van der Waals surface area contributed by atoms with Gasteiger partial charge in [0.1, 0.15) is 171 Å². The normalized spacial score (nSPS) is 52.7. The van der Waals surface area contributed by atoms with Gasteiger partial charge in [-0.1, -0.05) is 6.08 Å². The summed E-state index contributed by atoms with van der Waals surface area (Å²) in [4.78, 5) is 0. The van der Waals surface area contributed by atoms with Gasteiger partial charge in [-0.25, -0.2) is 0 Å². The minimum atomic E-state index is -2.20. The summed E-state index contributed by atoms with van der Waals surface area (Å²) in [7, 11) is 0. The molecule has 0 aliphatic carbocycles. The highest BCUT2D eigenvalue weighted by molar-refractivity contribution is 5.02. The zero-order valence-electron chi connectivity index (χ0n) is 43.6. The van der Waals surface area contributed by atoms with Crippen molar-refractivity contribution in [2.45, 2.75) is 228 Å². The molecule has 15 saturated heterocycles. The lowest BCUT2D eigenvalue weighted by Gasteiger charge is -2.50. The van der Waals surface area contributed by atoms with Crippen molar-refractivity contribution in [2.75, 3.05) is 52.9 Å². The average Bonchev–Trinajstić information content (AvgIpc) is 3.20. The molecule has 0 aromatic carbocycles. The Balaban J connectivity index is 1.10. The lowest BCUT2D eigenvalue weighted by molar-refractivity contribution is -0.398. The summed E-state index contributed by atoms with van der Waals surface area (Å²) in [6, 6.07) is 0. The molecule has 0 unspecified atom stereocenters. The Labute approximate surface area is 465 Å². The van der Waals surface area contributed by atoms with E-state index < -0.39 is 261 Å². The molecule has 35 heteroatoms. The molecule has 15 rings (SSSR count). The molecule has 0 radical (unpaired) electrons. The van der Waals surface area contributed by atoms with Crippen LogP contribution in [0.25, 0.3) is 0 Å². The molecule has 35 nitrogen and oxygen atoms in total. The van der Waals surface area contributed by atoms with E-state index in [1.807, 2.05) is 0 Å². The second-order valence-corrected chi connectivity index (χ2v) is 20.9. The molecule has 0 aromatic heterocycles. The molecule has 15 aliphatic heterocycles. The van der Waals surface area contributed by atoms with Crippen LogP contribution in [-0.2, 0) is 71.1 Å². The number of unbranched alkanes of at least 4 members (excludes halogenated alkanes) is 1. The highest BCUT2D eigenvalue weighted by Gasteiger charge is 2.60. The van der Waals surface area contributed by atoms with Crippen molar-refractivity contribution in [2.24, 2.45) is 0 Å². The second kappa shape index (κ2) is 29.1. The van der Waals surface area contributed by atoms with E-state index in [0.717, 1.165) is 0 Å². The molecule has 35 atom stereocenters. The van der Waals surface area contributed by atoms with Gasteiger partial charge >= 0.3 is 0 Å². The van der Waals surface area contributed by atoms with Crippen LogP contribution in [0.15, 0.2) is 12.7 Å². The van der Waals surface area contributed by atoms with Crippen LogP contribution in [-0.4, -0.2) is 370 Å². The van der Waals surface area contributed by atoms with Gasteiger partial charge in [0.25, 0.3) is 0 Å². The third-order valence-electron chi connectivity index (χ3n) is 15.6. The number of allylic oxidation sites excluding steroid dienone is 1. The molecule has 20 N–H and O–H groups in total. The van der Waals surface area contributed by atoms with Crippen molar-refractivity contribution < 1.29 is 173 Å². The molecule has 0 spiro atoms. The summed E-state index contributed by atoms with van der Waals surface area (Å²) in [5.74, 6) is 0. The lowest BCUT2D eigenvalue weighted by Crippen LogP contribution is -2.68. The van der Waals surface area contributed by atoms with Gasteiger partial charge in [-0.2, -0.15) is 0 Å². The fourth-order valence-electron chi connectivity index (χ4n) is 11.0. The van der Waals surface area contributed by atoms with Crippen LogP contribution in [0.4, 0.5) is 0 Å². The number of rotatable bonds is 12. The first-order valence-corrected chi connectivity index (χ1v) is 26.7. The first-order valence-electron chi connectivity index (χ1n) is 26.7. The molecule has 14 bridgehead atoms. The van der Waals surface area contributed by atoms with E-state index in [0.29, 0.717) is 12.8 Å². The van der Waals surface area contributed by atoms with Crippen molar-refractivity contribution >= 4 is 0 Å². The van der Waals surface area contributed by atoms with Gasteiger partial charge in [-0.3, -0.25) is 0 Å². The van der Waals surface area contributed by atoms with Crippen molar-refractivity contribution in [3.8, 4) is 0 Å². The molecule has 0 aromatic rings. The Morgan fingerprint density at radius 2 is 0.463 bits per heavy atom. The third kappa shape index (κ3) is 13.5. The molecule has 0 amide bonds. The monoisotopic (exact) mass is 1200 g/mol. The van der Waals surface area contributed by atoms with E-state index in [9.17, 15) is 102 Å². The van der Waals surface area contributed by atoms with E-state index in [1.165, 1.54) is 0 Å². The standard InChI is InChI=1S/C47H78O35/c1-2-3-4-5-68-40-32(67)39-19(12-54)75-47(40)82-38-18(11-53)74-45(31(66)25(38)60)80-36-16(9-51)72-43(29(64)23(36)58)78-34-14(7-49)70-41(27(62)21(34)56)76-33-13(6-48)69-42(26(61)20(33)55)77-35-15(8-50)71-44(28(63)22(35)57)79-37-17(10-52)73-46(81-39)30(65)24(37)59/h2,13-67H,1,3-12H2/t13-,14-,15-,16-,17-,18-,19-,20-,21-,22-,23-,24-,25-,26-,27-,28-,29-,30-,31-,32+,33-,34-,35-,36-,37-,38-,39-,40-,41-,42-,43-,44-,45-,46-,47-/m1/s1. The maximum Gasteiger partial charge on any atom is 0.187 e. The molecular weight excluding hydrogens is 1120 g/mol. The summed E-state index contributed by atoms with van der Waals surface area (Å²) >= 11 is 0. The number of hydrogen-bond acceptors (Lipinski definition) is 35. The number of aliphatic hydroxyl groups excluding tert-OH is 20. The third-order valence-corrected chi connectivity index (χ3v) is 15.6. The Morgan fingerprint density at radius 3 is 0.671 bits per heavy atom. The SMILES string of the molecule is C=CCCCO[C@H]1[C@H]2O[C@H]3[C@H](O)[C@@H](O)[C@@H](O[C@H]4[C@H](O)[C@@H](O)[C@@H](O[C@H]5[C@H](O)[C@@H](O)[C@@H](O[C@H]6[C@H](O)[C@@H](O)[C@@H](O[C@H]7[C@H](O)[C@@H](O)[C@@H](O[C@H]8[C@H](O)[C@@H](O)[C@@H](O[C@@H]([C@@H]1O)[C@@H](CO)O2)O[C@@H]8CO)O[C@@H]7CO)O[C@@H]6CO)O[C@@H]5CO)O[C@@H]4CO)O[C@@H]3CO.